The highest BCUT2D eigenvalue weighted by molar-refractivity contribution is 14.0. The number of likely N-dealkylation sites (N-methyl/N-ethyl adjacent to an activating group) is 1. The Morgan fingerprint density at radius 2 is 2.13 bits per heavy atom. The third-order valence-corrected chi connectivity index (χ3v) is 4.86. The van der Waals surface area contributed by atoms with Crippen molar-refractivity contribution in [2.45, 2.75) is 45.6 Å². The van der Waals surface area contributed by atoms with Crippen molar-refractivity contribution in [1.29, 1.82) is 0 Å². The molecule has 2 unspecified atom stereocenters. The first-order chi connectivity index (χ1) is 10.7. The molecule has 2 aliphatic heterocycles. The second-order valence-corrected chi connectivity index (χ2v) is 6.58. The van der Waals surface area contributed by atoms with Crippen LogP contribution in [0.2, 0.25) is 0 Å². The number of nitrogens with zero attached hydrogens (tertiary/aromatic N) is 3. The Bertz CT molecular complexity index is 347. The van der Waals surface area contributed by atoms with Crippen molar-refractivity contribution in [3.63, 3.8) is 0 Å². The highest BCUT2D eigenvalue weighted by Crippen LogP contribution is 2.17. The maximum absolute atomic E-state index is 5.49. The SMILES string of the molecule is CCNC(=NCC1CCCCN1CC)N(C)CC1CCOC1.I. The Morgan fingerprint density at radius 1 is 1.30 bits per heavy atom. The Morgan fingerprint density at radius 3 is 2.78 bits per heavy atom. The fourth-order valence-corrected chi connectivity index (χ4v) is 3.55. The largest absolute Gasteiger partial charge is 0.381 e. The zero-order chi connectivity index (χ0) is 15.8. The van der Waals surface area contributed by atoms with Crippen LogP contribution in [0.15, 0.2) is 4.99 Å². The number of guanidine groups is 1. The predicted molar refractivity (Wildman–Crippen MR) is 108 cm³/mol. The van der Waals surface area contributed by atoms with Crippen LogP contribution < -0.4 is 5.32 Å². The number of halogens is 1. The van der Waals surface area contributed by atoms with E-state index in [1.165, 1.54) is 32.2 Å². The number of hydrogen-bond acceptors (Lipinski definition) is 3. The summed E-state index contributed by atoms with van der Waals surface area (Å²) in [6.45, 7) is 11.5. The molecule has 0 bridgehead atoms. The minimum Gasteiger partial charge on any atom is -0.381 e. The summed E-state index contributed by atoms with van der Waals surface area (Å²) in [6.07, 6.45) is 5.16. The van der Waals surface area contributed by atoms with Gasteiger partial charge in [0.2, 0.25) is 0 Å². The first-order valence-corrected chi connectivity index (χ1v) is 9.05. The standard InChI is InChI=1S/C17H34N4O.HI/c1-4-18-17(20(3)13-15-9-11-22-14-15)19-12-16-8-6-7-10-21(16)5-2;/h15-16H,4-14H2,1-3H3,(H,18,19);1H. The van der Waals surface area contributed by atoms with Gasteiger partial charge in [0.25, 0.3) is 0 Å². The number of nitrogens with one attached hydrogen (secondary N) is 1. The molecular formula is C17H35IN4O. The third-order valence-electron chi connectivity index (χ3n) is 4.86. The maximum Gasteiger partial charge on any atom is 0.193 e. The van der Waals surface area contributed by atoms with Gasteiger partial charge < -0.3 is 15.0 Å². The summed E-state index contributed by atoms with van der Waals surface area (Å²) in [4.78, 5) is 9.79. The van der Waals surface area contributed by atoms with Gasteiger partial charge in [0.05, 0.1) is 13.2 Å². The van der Waals surface area contributed by atoms with Crippen LogP contribution in [0.4, 0.5) is 0 Å². The summed E-state index contributed by atoms with van der Waals surface area (Å²) >= 11 is 0. The molecule has 136 valence electrons. The zero-order valence-corrected chi connectivity index (χ0v) is 17.4. The molecule has 0 aromatic heterocycles. The van der Waals surface area contributed by atoms with Crippen molar-refractivity contribution >= 4 is 29.9 Å². The Labute approximate surface area is 159 Å². The van der Waals surface area contributed by atoms with Gasteiger partial charge in [-0.15, -0.1) is 24.0 Å². The van der Waals surface area contributed by atoms with Gasteiger partial charge in [-0.3, -0.25) is 9.89 Å². The van der Waals surface area contributed by atoms with Crippen molar-refractivity contribution in [2.24, 2.45) is 10.9 Å². The van der Waals surface area contributed by atoms with E-state index >= 15 is 0 Å². The van der Waals surface area contributed by atoms with E-state index in [2.05, 4.69) is 36.0 Å². The van der Waals surface area contributed by atoms with Gasteiger partial charge in [-0.25, -0.2) is 0 Å². The third kappa shape index (κ3) is 6.74. The molecule has 2 fully saturated rings. The lowest BCUT2D eigenvalue weighted by molar-refractivity contribution is 0.161. The first kappa shape index (κ1) is 21.0. The molecule has 2 heterocycles. The molecule has 0 aromatic rings. The lowest BCUT2D eigenvalue weighted by Gasteiger charge is -2.34. The minimum absolute atomic E-state index is 0. The molecular weight excluding hydrogens is 403 g/mol. The van der Waals surface area contributed by atoms with Gasteiger partial charge in [-0.05, 0) is 39.3 Å². The highest BCUT2D eigenvalue weighted by atomic mass is 127. The van der Waals surface area contributed by atoms with E-state index in [1.54, 1.807) is 0 Å². The summed E-state index contributed by atoms with van der Waals surface area (Å²) in [5.74, 6) is 1.70. The first-order valence-electron chi connectivity index (χ1n) is 9.05. The molecule has 6 heteroatoms. The van der Waals surface area contributed by atoms with Crippen LogP contribution in [0.25, 0.3) is 0 Å². The molecule has 0 radical (unpaired) electrons. The van der Waals surface area contributed by atoms with Crippen LogP contribution in [-0.2, 0) is 4.74 Å². The predicted octanol–water partition coefficient (Wildman–Crippen LogP) is 2.41. The van der Waals surface area contributed by atoms with Gasteiger partial charge in [0, 0.05) is 38.7 Å². The molecule has 0 saturated carbocycles. The Hall–Kier alpha value is -0.0800. The van der Waals surface area contributed by atoms with Gasteiger partial charge in [-0.1, -0.05) is 13.3 Å². The summed E-state index contributed by atoms with van der Waals surface area (Å²) < 4.78 is 5.49. The number of likely N-dealkylation sites (tertiary alicyclic amines) is 1. The second kappa shape index (κ2) is 11.5. The monoisotopic (exact) mass is 438 g/mol. The van der Waals surface area contributed by atoms with Crippen molar-refractivity contribution in [3.05, 3.63) is 0 Å². The van der Waals surface area contributed by atoms with E-state index in [4.69, 9.17) is 9.73 Å². The fraction of sp³-hybridized carbons (Fsp3) is 0.941. The summed E-state index contributed by atoms with van der Waals surface area (Å²) in [5.41, 5.74) is 0. The molecule has 2 atom stereocenters. The number of aliphatic imine (C=N–C) groups is 1. The van der Waals surface area contributed by atoms with Crippen LogP contribution in [0.3, 0.4) is 0 Å². The van der Waals surface area contributed by atoms with E-state index in [-0.39, 0.29) is 24.0 Å². The quantitative estimate of drug-likeness (QED) is 0.393. The highest BCUT2D eigenvalue weighted by Gasteiger charge is 2.22. The summed E-state index contributed by atoms with van der Waals surface area (Å²) in [7, 11) is 2.15. The Kier molecular flexibility index (Phi) is 10.5. The topological polar surface area (TPSA) is 40.1 Å². The number of piperidine rings is 1. The van der Waals surface area contributed by atoms with E-state index < -0.39 is 0 Å². The minimum atomic E-state index is 0. The Balaban J connectivity index is 0.00000264. The number of hydrogen-bond donors (Lipinski definition) is 1. The van der Waals surface area contributed by atoms with Crippen molar-refractivity contribution < 1.29 is 4.74 Å². The van der Waals surface area contributed by atoms with Gasteiger partial charge >= 0.3 is 0 Å². The molecule has 0 aliphatic carbocycles. The molecule has 0 aromatic carbocycles. The van der Waals surface area contributed by atoms with E-state index in [0.29, 0.717) is 12.0 Å². The van der Waals surface area contributed by atoms with Crippen LogP contribution in [0.1, 0.15) is 39.5 Å². The number of ether oxygens (including phenoxy) is 1. The molecule has 2 saturated heterocycles. The molecule has 23 heavy (non-hydrogen) atoms. The summed E-state index contributed by atoms with van der Waals surface area (Å²) in [6, 6.07) is 0.621. The van der Waals surface area contributed by atoms with E-state index in [1.807, 2.05) is 0 Å². The average Bonchev–Trinajstić information content (AvgIpc) is 3.04. The molecule has 5 nitrogen and oxygen atoms in total. The van der Waals surface area contributed by atoms with E-state index in [0.717, 1.165) is 45.4 Å². The van der Waals surface area contributed by atoms with Crippen LogP contribution in [-0.4, -0.2) is 74.8 Å². The van der Waals surface area contributed by atoms with Gasteiger partial charge in [-0.2, -0.15) is 0 Å². The number of rotatable bonds is 6. The average molecular weight is 438 g/mol. The molecule has 1 N–H and O–H groups in total. The van der Waals surface area contributed by atoms with Crippen molar-refractivity contribution in [2.75, 3.05) is 53.0 Å². The van der Waals surface area contributed by atoms with Crippen LogP contribution >= 0.6 is 24.0 Å². The van der Waals surface area contributed by atoms with Gasteiger partial charge in [0.1, 0.15) is 0 Å². The van der Waals surface area contributed by atoms with Crippen molar-refractivity contribution in [3.8, 4) is 0 Å². The van der Waals surface area contributed by atoms with Gasteiger partial charge in [0.15, 0.2) is 5.96 Å². The lowest BCUT2D eigenvalue weighted by Crippen LogP contribution is -2.44. The zero-order valence-electron chi connectivity index (χ0n) is 15.1. The summed E-state index contributed by atoms with van der Waals surface area (Å²) in [5, 5.41) is 3.45. The molecule has 2 rings (SSSR count). The molecule has 2 aliphatic rings. The normalized spacial score (nSPS) is 26.0. The fourth-order valence-electron chi connectivity index (χ4n) is 3.55. The lowest BCUT2D eigenvalue weighted by atomic mass is 10.0. The van der Waals surface area contributed by atoms with Crippen LogP contribution in [0, 0.1) is 5.92 Å². The van der Waals surface area contributed by atoms with Crippen molar-refractivity contribution in [1.82, 2.24) is 15.1 Å². The molecule has 0 amide bonds. The van der Waals surface area contributed by atoms with Crippen LogP contribution in [0.5, 0.6) is 0 Å². The maximum atomic E-state index is 5.49. The smallest absolute Gasteiger partial charge is 0.193 e. The second-order valence-electron chi connectivity index (χ2n) is 6.58. The van der Waals surface area contributed by atoms with E-state index in [9.17, 15) is 0 Å². The molecule has 0 spiro atoms.